The Kier molecular flexibility index (Phi) is 3.85. The Morgan fingerprint density at radius 3 is 1.85 bits per heavy atom. The van der Waals surface area contributed by atoms with Crippen molar-refractivity contribution in [2.45, 2.75) is 13.8 Å². The predicted molar refractivity (Wildman–Crippen MR) is 65.1 cm³/mol. The van der Waals surface area contributed by atoms with E-state index in [2.05, 4.69) is 4.98 Å². The van der Waals surface area contributed by atoms with Gasteiger partial charge in [-0.15, -0.1) is 0 Å². The fourth-order valence-electron chi connectivity index (χ4n) is 1.64. The summed E-state index contributed by atoms with van der Waals surface area (Å²) in [7, 11) is 0. The van der Waals surface area contributed by atoms with Crippen LogP contribution in [-0.2, 0) is 0 Å². The number of ether oxygens (including phenoxy) is 1. The van der Waals surface area contributed by atoms with Crippen molar-refractivity contribution in [3.05, 3.63) is 51.8 Å². The molecule has 0 radical (unpaired) electrons. The fraction of sp³-hybridized carbons (Fsp3) is 0.154. The molecule has 0 amide bonds. The second-order valence-electron chi connectivity index (χ2n) is 4.12. The zero-order valence-corrected chi connectivity index (χ0v) is 11.2. The van der Waals surface area contributed by atoms with Crippen LogP contribution in [0.2, 0.25) is 5.02 Å². The topological polar surface area (TPSA) is 22.1 Å². The first kappa shape index (κ1) is 14.6. The van der Waals surface area contributed by atoms with E-state index >= 15 is 0 Å². The van der Waals surface area contributed by atoms with Gasteiger partial charge in [0.25, 0.3) is 11.9 Å². The van der Waals surface area contributed by atoms with Crippen LogP contribution in [0, 0.1) is 37.4 Å². The molecule has 0 saturated heterocycles. The Hall–Kier alpha value is -1.82. The Bertz CT molecular complexity index is 641. The maximum Gasteiger partial charge on any atom is 0.255 e. The first-order valence-electron chi connectivity index (χ1n) is 5.46. The molecular formula is C13H8ClF4NO. The highest BCUT2D eigenvalue weighted by Gasteiger charge is 2.23. The number of aryl methyl sites for hydroxylation is 2. The van der Waals surface area contributed by atoms with Crippen molar-refractivity contribution >= 4 is 11.6 Å². The number of benzene rings is 1. The van der Waals surface area contributed by atoms with Crippen LogP contribution >= 0.6 is 11.6 Å². The van der Waals surface area contributed by atoms with Crippen LogP contribution in [-0.4, -0.2) is 4.98 Å². The van der Waals surface area contributed by atoms with E-state index in [1.165, 1.54) is 12.1 Å². The Labute approximate surface area is 117 Å². The molecule has 1 aromatic carbocycles. The van der Waals surface area contributed by atoms with Crippen LogP contribution in [0.15, 0.2) is 12.1 Å². The average Bonchev–Trinajstić information content (AvgIpc) is 2.38. The summed E-state index contributed by atoms with van der Waals surface area (Å²) in [5.41, 5.74) is 1.19. The number of nitrogens with zero attached hydrogens (tertiary/aromatic N) is 1. The molecule has 0 aliphatic carbocycles. The van der Waals surface area contributed by atoms with Crippen LogP contribution in [0.5, 0.6) is 11.5 Å². The molecule has 0 spiro atoms. The first-order chi connectivity index (χ1) is 9.31. The van der Waals surface area contributed by atoms with E-state index in [1.807, 2.05) is 0 Å². The molecule has 7 heteroatoms. The van der Waals surface area contributed by atoms with Gasteiger partial charge in [0.1, 0.15) is 5.75 Å². The third-order valence-electron chi connectivity index (χ3n) is 2.59. The number of hydrogen-bond acceptors (Lipinski definition) is 2. The molecule has 106 valence electrons. The molecule has 1 heterocycles. The summed E-state index contributed by atoms with van der Waals surface area (Å²) in [6, 6.07) is 2.79. The number of pyridine rings is 1. The van der Waals surface area contributed by atoms with Crippen LogP contribution in [0.3, 0.4) is 0 Å². The number of aromatic nitrogens is 1. The second-order valence-corrected chi connectivity index (χ2v) is 4.50. The molecule has 20 heavy (non-hydrogen) atoms. The quantitative estimate of drug-likeness (QED) is 0.592. The summed E-state index contributed by atoms with van der Waals surface area (Å²) < 4.78 is 57.6. The summed E-state index contributed by atoms with van der Waals surface area (Å²) in [4.78, 5) is 2.44. The van der Waals surface area contributed by atoms with Gasteiger partial charge in [0.2, 0.25) is 17.4 Å². The van der Waals surface area contributed by atoms with Crippen molar-refractivity contribution in [3.63, 3.8) is 0 Å². The van der Waals surface area contributed by atoms with Gasteiger partial charge in [0.05, 0.1) is 0 Å². The lowest BCUT2D eigenvalue weighted by molar-refractivity contribution is 0.343. The van der Waals surface area contributed by atoms with Crippen LogP contribution in [0.1, 0.15) is 11.1 Å². The highest BCUT2D eigenvalue weighted by Crippen LogP contribution is 2.32. The molecule has 1 aromatic heterocycles. The van der Waals surface area contributed by atoms with E-state index in [0.717, 1.165) is 0 Å². The fourth-order valence-corrected chi connectivity index (χ4v) is 1.75. The number of hydrogen-bond donors (Lipinski definition) is 0. The van der Waals surface area contributed by atoms with E-state index in [1.54, 1.807) is 13.8 Å². The minimum atomic E-state index is -1.78. The van der Waals surface area contributed by atoms with Gasteiger partial charge in [-0.2, -0.15) is 22.5 Å². The summed E-state index contributed by atoms with van der Waals surface area (Å²) in [6.45, 7) is 3.31. The van der Waals surface area contributed by atoms with Gasteiger partial charge in [0.15, 0.2) is 0 Å². The molecule has 2 nitrogen and oxygen atoms in total. The minimum absolute atomic E-state index is 0.00667. The van der Waals surface area contributed by atoms with Gasteiger partial charge in [-0.1, -0.05) is 11.6 Å². The molecule has 0 bridgehead atoms. The Morgan fingerprint density at radius 2 is 1.40 bits per heavy atom. The molecule has 0 aliphatic rings. The first-order valence-corrected chi connectivity index (χ1v) is 5.83. The van der Waals surface area contributed by atoms with Gasteiger partial charge in [0, 0.05) is 5.02 Å². The van der Waals surface area contributed by atoms with E-state index < -0.39 is 29.3 Å². The minimum Gasteiger partial charge on any atom is -0.451 e. The average molecular weight is 306 g/mol. The lowest BCUT2D eigenvalue weighted by Gasteiger charge is -2.11. The Morgan fingerprint density at radius 1 is 0.950 bits per heavy atom. The number of halogens is 5. The maximum atomic E-state index is 13.4. The zero-order chi connectivity index (χ0) is 15.0. The Balaban J connectivity index is 2.50. The van der Waals surface area contributed by atoms with E-state index in [4.69, 9.17) is 16.3 Å². The lowest BCUT2D eigenvalue weighted by atomic mass is 10.1. The maximum absolute atomic E-state index is 13.4. The van der Waals surface area contributed by atoms with E-state index in [9.17, 15) is 17.6 Å². The van der Waals surface area contributed by atoms with Gasteiger partial charge in [-0.25, -0.2) is 0 Å². The molecule has 0 aliphatic heterocycles. The van der Waals surface area contributed by atoms with Crippen molar-refractivity contribution in [1.29, 1.82) is 0 Å². The van der Waals surface area contributed by atoms with Crippen molar-refractivity contribution in [1.82, 2.24) is 4.98 Å². The van der Waals surface area contributed by atoms with E-state index in [0.29, 0.717) is 16.1 Å². The number of rotatable bonds is 2. The van der Waals surface area contributed by atoms with Crippen LogP contribution in [0.4, 0.5) is 17.6 Å². The largest absolute Gasteiger partial charge is 0.451 e. The molecular weight excluding hydrogens is 298 g/mol. The lowest BCUT2D eigenvalue weighted by Crippen LogP contribution is -2.03. The monoisotopic (exact) mass is 305 g/mol. The van der Waals surface area contributed by atoms with Crippen molar-refractivity contribution in [3.8, 4) is 11.5 Å². The standard InChI is InChI=1S/C13H8ClF4NO/c1-5-3-7(4-6(2)8(5)14)20-11-9(15)12(17)19-13(18)10(11)16/h3-4H,1-2H3. The van der Waals surface area contributed by atoms with Gasteiger partial charge in [-0.3, -0.25) is 0 Å². The second kappa shape index (κ2) is 5.28. The van der Waals surface area contributed by atoms with Gasteiger partial charge < -0.3 is 4.74 Å². The van der Waals surface area contributed by atoms with Gasteiger partial charge in [-0.05, 0) is 37.1 Å². The molecule has 0 N–H and O–H groups in total. The highest BCUT2D eigenvalue weighted by molar-refractivity contribution is 6.32. The third-order valence-corrected chi connectivity index (χ3v) is 3.18. The van der Waals surface area contributed by atoms with Crippen LogP contribution < -0.4 is 4.74 Å². The summed E-state index contributed by atoms with van der Waals surface area (Å²) in [5, 5.41) is 0.463. The van der Waals surface area contributed by atoms with Crippen molar-refractivity contribution < 1.29 is 22.3 Å². The smallest absolute Gasteiger partial charge is 0.255 e. The molecule has 2 rings (SSSR count). The molecule has 0 unspecified atom stereocenters. The molecule has 2 aromatic rings. The van der Waals surface area contributed by atoms with E-state index in [-0.39, 0.29) is 5.75 Å². The zero-order valence-electron chi connectivity index (χ0n) is 10.4. The summed E-state index contributed by atoms with van der Waals surface area (Å²) in [6.07, 6.45) is 0. The summed E-state index contributed by atoms with van der Waals surface area (Å²) in [5.74, 6) is -8.13. The molecule has 0 atom stereocenters. The molecule has 0 saturated carbocycles. The summed E-state index contributed by atoms with van der Waals surface area (Å²) >= 11 is 5.93. The third kappa shape index (κ3) is 2.56. The van der Waals surface area contributed by atoms with Crippen molar-refractivity contribution in [2.75, 3.05) is 0 Å². The molecule has 0 fully saturated rings. The van der Waals surface area contributed by atoms with Crippen LogP contribution in [0.25, 0.3) is 0 Å². The van der Waals surface area contributed by atoms with Crippen molar-refractivity contribution in [2.24, 2.45) is 0 Å². The SMILES string of the molecule is Cc1cc(Oc2c(F)c(F)nc(F)c2F)cc(C)c1Cl. The highest BCUT2D eigenvalue weighted by atomic mass is 35.5. The predicted octanol–water partition coefficient (Wildman–Crippen LogP) is 4.70. The van der Waals surface area contributed by atoms with Gasteiger partial charge >= 0.3 is 0 Å². The normalized spacial score (nSPS) is 10.8.